The molecule has 2 aliphatic rings. The van der Waals surface area contributed by atoms with E-state index >= 15 is 0 Å². The van der Waals surface area contributed by atoms with Crippen molar-refractivity contribution in [1.82, 2.24) is 5.32 Å². The van der Waals surface area contributed by atoms with Gasteiger partial charge in [-0.25, -0.2) is 0 Å². The molecule has 5 nitrogen and oxygen atoms in total. The molecule has 0 aromatic heterocycles. The average molecular weight is 338 g/mol. The molecular formula is C17H24ClN3O2. The second kappa shape index (κ2) is 7.32. The molecule has 6 heteroatoms. The Morgan fingerprint density at radius 1 is 1.26 bits per heavy atom. The monoisotopic (exact) mass is 337 g/mol. The van der Waals surface area contributed by atoms with Crippen LogP contribution in [0.5, 0.6) is 0 Å². The molecule has 1 aromatic carbocycles. The van der Waals surface area contributed by atoms with Crippen LogP contribution in [-0.4, -0.2) is 23.9 Å². The Morgan fingerprint density at radius 3 is 2.65 bits per heavy atom. The Morgan fingerprint density at radius 2 is 2.00 bits per heavy atom. The number of carbonyl (C=O) groups is 2. The zero-order chi connectivity index (χ0) is 15.7. The van der Waals surface area contributed by atoms with Gasteiger partial charge >= 0.3 is 0 Å². The van der Waals surface area contributed by atoms with Crippen molar-refractivity contribution in [2.75, 3.05) is 5.32 Å². The molecule has 2 fully saturated rings. The number of nitrogens with two attached hydrogens (primary N) is 1. The number of fused-ring (bicyclic) bond motifs is 1. The molecule has 23 heavy (non-hydrogen) atoms. The summed E-state index contributed by atoms with van der Waals surface area (Å²) in [7, 11) is 0. The zero-order valence-corrected chi connectivity index (χ0v) is 14.1. The number of anilines is 1. The van der Waals surface area contributed by atoms with Crippen LogP contribution in [0.4, 0.5) is 5.69 Å². The fraction of sp³-hybridized carbons (Fsp3) is 0.529. The van der Waals surface area contributed by atoms with E-state index in [1.54, 1.807) is 18.2 Å². The third kappa shape index (κ3) is 3.85. The Hall–Kier alpha value is -1.59. The van der Waals surface area contributed by atoms with Crippen molar-refractivity contribution < 1.29 is 9.59 Å². The Bertz CT molecular complexity index is 592. The van der Waals surface area contributed by atoms with Crippen LogP contribution in [-0.2, 0) is 4.79 Å². The molecule has 4 N–H and O–H groups in total. The van der Waals surface area contributed by atoms with Crippen molar-refractivity contribution in [1.29, 1.82) is 0 Å². The zero-order valence-electron chi connectivity index (χ0n) is 13.3. The highest BCUT2D eigenvalue weighted by atomic mass is 35.5. The third-order valence-corrected chi connectivity index (χ3v) is 4.94. The number of halogens is 1. The molecule has 1 heterocycles. The van der Waals surface area contributed by atoms with Gasteiger partial charge in [-0.1, -0.05) is 12.8 Å². The maximum Gasteiger partial charge on any atom is 0.248 e. The van der Waals surface area contributed by atoms with Crippen molar-refractivity contribution >= 4 is 29.9 Å². The van der Waals surface area contributed by atoms with Crippen LogP contribution in [0.3, 0.4) is 0 Å². The van der Waals surface area contributed by atoms with E-state index in [4.69, 9.17) is 5.73 Å². The maximum atomic E-state index is 12.4. The molecule has 0 spiro atoms. The van der Waals surface area contributed by atoms with Crippen molar-refractivity contribution in [3.63, 3.8) is 0 Å². The van der Waals surface area contributed by atoms with Gasteiger partial charge in [0.25, 0.3) is 0 Å². The molecule has 1 saturated carbocycles. The molecule has 126 valence electrons. The van der Waals surface area contributed by atoms with Crippen LogP contribution < -0.4 is 16.4 Å². The van der Waals surface area contributed by atoms with E-state index in [1.807, 2.05) is 6.92 Å². The number of aryl methyl sites for hydroxylation is 1. The summed E-state index contributed by atoms with van der Waals surface area (Å²) in [6.45, 7) is 1.82. The lowest BCUT2D eigenvalue weighted by molar-refractivity contribution is -0.117. The third-order valence-electron chi connectivity index (χ3n) is 4.94. The Balaban J connectivity index is 0.00000192. The van der Waals surface area contributed by atoms with E-state index in [0.717, 1.165) is 12.0 Å². The number of benzene rings is 1. The van der Waals surface area contributed by atoms with Crippen LogP contribution >= 0.6 is 12.4 Å². The lowest BCUT2D eigenvalue weighted by Gasteiger charge is -2.24. The van der Waals surface area contributed by atoms with Gasteiger partial charge in [0.15, 0.2) is 0 Å². The molecule has 1 aliphatic heterocycles. The quantitative estimate of drug-likeness (QED) is 0.791. The van der Waals surface area contributed by atoms with Gasteiger partial charge in [0.05, 0.1) is 6.04 Å². The van der Waals surface area contributed by atoms with Crippen LogP contribution in [0, 0.1) is 12.8 Å². The first kappa shape index (κ1) is 17.8. The van der Waals surface area contributed by atoms with E-state index in [1.165, 1.54) is 25.7 Å². The molecule has 0 radical (unpaired) electrons. The first-order valence-electron chi connectivity index (χ1n) is 8.02. The summed E-state index contributed by atoms with van der Waals surface area (Å²) in [6, 6.07) is 5.58. The fourth-order valence-electron chi connectivity index (χ4n) is 3.77. The number of hydrogen-bond acceptors (Lipinski definition) is 3. The first-order chi connectivity index (χ1) is 10.5. The minimum Gasteiger partial charge on any atom is -0.366 e. The highest BCUT2D eigenvalue weighted by Gasteiger charge is 2.38. The molecule has 1 aromatic rings. The van der Waals surface area contributed by atoms with Crippen LogP contribution in [0.2, 0.25) is 0 Å². The summed E-state index contributed by atoms with van der Waals surface area (Å²) < 4.78 is 0. The number of carbonyl (C=O) groups excluding carboxylic acids is 2. The maximum absolute atomic E-state index is 12.4. The van der Waals surface area contributed by atoms with E-state index in [0.29, 0.717) is 23.2 Å². The van der Waals surface area contributed by atoms with E-state index in [-0.39, 0.29) is 24.4 Å². The van der Waals surface area contributed by atoms with E-state index in [9.17, 15) is 9.59 Å². The lowest BCUT2D eigenvalue weighted by Crippen LogP contribution is -2.39. The van der Waals surface area contributed by atoms with Crippen molar-refractivity contribution in [3.8, 4) is 0 Å². The van der Waals surface area contributed by atoms with Crippen LogP contribution in [0.25, 0.3) is 0 Å². The summed E-state index contributed by atoms with van der Waals surface area (Å²) in [4.78, 5) is 23.7. The largest absolute Gasteiger partial charge is 0.366 e. The normalized spacial score (nSPS) is 26.0. The van der Waals surface area contributed by atoms with Gasteiger partial charge in [0.2, 0.25) is 11.8 Å². The molecule has 0 bridgehead atoms. The molecule has 1 aliphatic carbocycles. The highest BCUT2D eigenvalue weighted by molar-refractivity contribution is 5.97. The minimum atomic E-state index is -0.447. The van der Waals surface area contributed by atoms with Gasteiger partial charge in [-0.2, -0.15) is 0 Å². The second-order valence-electron chi connectivity index (χ2n) is 6.49. The van der Waals surface area contributed by atoms with Gasteiger partial charge < -0.3 is 16.4 Å². The summed E-state index contributed by atoms with van der Waals surface area (Å²) in [5, 5.41) is 6.42. The standard InChI is InChI=1S/C17H23N3O2.ClH/c1-10-8-12(6-7-13(10)16(18)21)19-17(22)15-9-11-4-2-3-5-14(11)20-15;/h6-8,11,14-15,20H,2-5,9H2,1H3,(H2,18,21)(H,19,22);1H. The Kier molecular flexibility index (Phi) is 5.65. The molecule has 2 amide bonds. The Labute approximate surface area is 142 Å². The summed E-state index contributed by atoms with van der Waals surface area (Å²) >= 11 is 0. The molecule has 3 rings (SSSR count). The van der Waals surface area contributed by atoms with Gasteiger partial charge in [-0.15, -0.1) is 12.4 Å². The van der Waals surface area contributed by atoms with Crippen LogP contribution in [0.15, 0.2) is 18.2 Å². The number of rotatable bonds is 3. The summed E-state index contributed by atoms with van der Waals surface area (Å²) in [5.74, 6) is 0.209. The van der Waals surface area contributed by atoms with Crippen molar-refractivity contribution in [2.45, 2.75) is 51.1 Å². The predicted octanol–water partition coefficient (Wildman–Crippen LogP) is 2.37. The topological polar surface area (TPSA) is 84.2 Å². The first-order valence-corrected chi connectivity index (χ1v) is 8.02. The van der Waals surface area contributed by atoms with Gasteiger partial charge in [-0.05, 0) is 55.9 Å². The highest BCUT2D eigenvalue weighted by Crippen LogP contribution is 2.33. The lowest BCUT2D eigenvalue weighted by atomic mass is 9.85. The molecule has 1 saturated heterocycles. The second-order valence-corrected chi connectivity index (χ2v) is 6.49. The van der Waals surface area contributed by atoms with Crippen molar-refractivity contribution in [3.05, 3.63) is 29.3 Å². The van der Waals surface area contributed by atoms with Gasteiger partial charge in [0.1, 0.15) is 0 Å². The molecule has 3 atom stereocenters. The van der Waals surface area contributed by atoms with Crippen LogP contribution in [0.1, 0.15) is 48.0 Å². The van der Waals surface area contributed by atoms with Gasteiger partial charge in [-0.3, -0.25) is 9.59 Å². The molecule has 3 unspecified atom stereocenters. The SMILES string of the molecule is Cc1cc(NC(=O)C2CC3CCCCC3N2)ccc1C(N)=O.Cl. The number of amides is 2. The average Bonchev–Trinajstić information content (AvgIpc) is 2.91. The number of hydrogen-bond donors (Lipinski definition) is 3. The summed E-state index contributed by atoms with van der Waals surface area (Å²) in [6.07, 6.45) is 5.88. The molecular weight excluding hydrogens is 314 g/mol. The fourth-order valence-corrected chi connectivity index (χ4v) is 3.77. The smallest absolute Gasteiger partial charge is 0.248 e. The minimum absolute atomic E-state index is 0. The van der Waals surface area contributed by atoms with E-state index < -0.39 is 5.91 Å². The predicted molar refractivity (Wildman–Crippen MR) is 92.9 cm³/mol. The van der Waals surface area contributed by atoms with E-state index in [2.05, 4.69) is 10.6 Å². The number of primary amides is 1. The summed E-state index contributed by atoms with van der Waals surface area (Å²) in [5.41, 5.74) is 7.27. The van der Waals surface area contributed by atoms with Gasteiger partial charge in [0, 0.05) is 17.3 Å². The number of nitrogens with one attached hydrogen (secondary N) is 2. The van der Waals surface area contributed by atoms with Crippen molar-refractivity contribution in [2.24, 2.45) is 11.7 Å².